The van der Waals surface area contributed by atoms with Crippen molar-refractivity contribution < 1.29 is 14.3 Å². The molecule has 0 aliphatic heterocycles. The van der Waals surface area contributed by atoms with Crippen molar-refractivity contribution in [1.29, 1.82) is 0 Å². The normalized spacial score (nSPS) is 10.5. The molecule has 22 heavy (non-hydrogen) atoms. The number of nitrogens with one attached hydrogen (secondary N) is 1. The minimum absolute atomic E-state index is 0.000145. The number of pyridine rings is 1. The first kappa shape index (κ1) is 15.7. The Labute approximate surface area is 128 Å². The van der Waals surface area contributed by atoms with Gasteiger partial charge in [-0.15, -0.1) is 0 Å². The summed E-state index contributed by atoms with van der Waals surface area (Å²) in [5.74, 6) is -0.312. The highest BCUT2D eigenvalue weighted by Gasteiger charge is 2.18. The van der Waals surface area contributed by atoms with Crippen LogP contribution < -0.4 is 5.32 Å². The molecule has 2 rings (SSSR count). The Bertz CT molecular complexity index is 665. The summed E-state index contributed by atoms with van der Waals surface area (Å²) in [6.45, 7) is 5.10. The molecule has 7 nitrogen and oxygen atoms in total. The van der Waals surface area contributed by atoms with E-state index in [9.17, 15) is 9.59 Å². The van der Waals surface area contributed by atoms with Gasteiger partial charge in [-0.1, -0.05) is 6.07 Å². The summed E-state index contributed by atoms with van der Waals surface area (Å²) >= 11 is 0. The van der Waals surface area contributed by atoms with Crippen molar-refractivity contribution in [2.45, 2.75) is 26.8 Å². The Morgan fingerprint density at radius 2 is 2.14 bits per heavy atom. The summed E-state index contributed by atoms with van der Waals surface area (Å²) in [4.78, 5) is 27.7. The molecule has 0 aromatic carbocycles. The standard InChI is InChI=1S/C15H18N4O3/c1-10(2)18-14(20)9-22-15(21)12-8-17-19(11(12)3)13-6-4-5-7-16-13/h4-8,10H,9H2,1-3H3,(H,18,20). The van der Waals surface area contributed by atoms with E-state index in [0.717, 1.165) is 0 Å². The van der Waals surface area contributed by atoms with E-state index in [2.05, 4.69) is 15.4 Å². The fourth-order valence-corrected chi connectivity index (χ4v) is 1.89. The topological polar surface area (TPSA) is 86.1 Å². The van der Waals surface area contributed by atoms with Gasteiger partial charge in [-0.2, -0.15) is 5.10 Å². The summed E-state index contributed by atoms with van der Waals surface area (Å²) in [6, 6.07) is 5.41. The maximum atomic E-state index is 12.0. The third kappa shape index (κ3) is 3.69. The summed E-state index contributed by atoms with van der Waals surface area (Å²) in [5.41, 5.74) is 0.913. The van der Waals surface area contributed by atoms with Gasteiger partial charge in [0.1, 0.15) is 5.56 Å². The molecule has 0 aliphatic rings. The van der Waals surface area contributed by atoms with Crippen LogP contribution in [0, 0.1) is 6.92 Å². The smallest absolute Gasteiger partial charge is 0.342 e. The third-order valence-corrected chi connectivity index (χ3v) is 2.88. The number of nitrogens with zero attached hydrogens (tertiary/aromatic N) is 3. The monoisotopic (exact) mass is 302 g/mol. The van der Waals surface area contributed by atoms with Gasteiger partial charge in [0, 0.05) is 12.2 Å². The molecule has 0 fully saturated rings. The van der Waals surface area contributed by atoms with E-state index in [1.54, 1.807) is 29.9 Å². The molecule has 0 radical (unpaired) electrons. The van der Waals surface area contributed by atoms with Crippen molar-refractivity contribution in [3.8, 4) is 5.82 Å². The highest BCUT2D eigenvalue weighted by atomic mass is 16.5. The molecule has 0 aliphatic carbocycles. The van der Waals surface area contributed by atoms with Crippen molar-refractivity contribution in [2.75, 3.05) is 6.61 Å². The van der Waals surface area contributed by atoms with Crippen molar-refractivity contribution >= 4 is 11.9 Å². The first-order valence-corrected chi connectivity index (χ1v) is 6.91. The molecule has 0 atom stereocenters. The Morgan fingerprint density at radius 1 is 1.36 bits per heavy atom. The lowest BCUT2D eigenvalue weighted by Crippen LogP contribution is -2.34. The molecular weight excluding hydrogens is 284 g/mol. The summed E-state index contributed by atoms with van der Waals surface area (Å²) in [6.07, 6.45) is 3.05. The fourth-order valence-electron chi connectivity index (χ4n) is 1.89. The Kier molecular flexibility index (Phi) is 4.88. The molecule has 0 unspecified atom stereocenters. The quantitative estimate of drug-likeness (QED) is 0.840. The zero-order valence-electron chi connectivity index (χ0n) is 12.7. The van der Waals surface area contributed by atoms with Gasteiger partial charge in [0.25, 0.3) is 5.91 Å². The molecule has 2 aromatic heterocycles. The Hall–Kier alpha value is -2.70. The average molecular weight is 302 g/mol. The number of amides is 1. The molecule has 2 heterocycles. The lowest BCUT2D eigenvalue weighted by atomic mass is 10.2. The molecule has 2 aromatic rings. The second-order valence-electron chi connectivity index (χ2n) is 5.04. The molecule has 0 saturated heterocycles. The van der Waals surface area contributed by atoms with E-state index < -0.39 is 5.97 Å². The molecule has 1 N–H and O–H groups in total. The molecule has 0 spiro atoms. The SMILES string of the molecule is Cc1c(C(=O)OCC(=O)NC(C)C)cnn1-c1ccccn1. The second kappa shape index (κ2) is 6.84. The number of ether oxygens (including phenoxy) is 1. The van der Waals surface area contributed by atoms with Gasteiger partial charge in [0.05, 0.1) is 11.9 Å². The van der Waals surface area contributed by atoms with Crippen LogP contribution in [-0.4, -0.2) is 39.3 Å². The van der Waals surface area contributed by atoms with E-state index in [-0.39, 0.29) is 18.6 Å². The number of aromatic nitrogens is 3. The van der Waals surface area contributed by atoms with Crippen LogP contribution in [0.25, 0.3) is 5.82 Å². The van der Waals surface area contributed by atoms with Gasteiger partial charge >= 0.3 is 5.97 Å². The summed E-state index contributed by atoms with van der Waals surface area (Å²) in [7, 11) is 0. The Morgan fingerprint density at radius 3 is 2.77 bits per heavy atom. The maximum Gasteiger partial charge on any atom is 0.342 e. The molecule has 7 heteroatoms. The van der Waals surface area contributed by atoms with Crippen molar-refractivity contribution in [2.24, 2.45) is 0 Å². The predicted octanol–water partition coefficient (Wildman–Crippen LogP) is 1.26. The predicted molar refractivity (Wildman–Crippen MR) is 79.7 cm³/mol. The van der Waals surface area contributed by atoms with Crippen LogP contribution in [0.3, 0.4) is 0 Å². The first-order valence-electron chi connectivity index (χ1n) is 6.91. The maximum absolute atomic E-state index is 12.0. The van der Waals surface area contributed by atoms with Crippen LogP contribution in [0.5, 0.6) is 0 Å². The first-order chi connectivity index (χ1) is 10.5. The highest BCUT2D eigenvalue weighted by molar-refractivity contribution is 5.92. The summed E-state index contributed by atoms with van der Waals surface area (Å²) in [5, 5.41) is 6.78. The molecular formula is C15H18N4O3. The lowest BCUT2D eigenvalue weighted by molar-refractivity contribution is -0.124. The number of rotatable bonds is 5. The molecule has 0 bridgehead atoms. The van der Waals surface area contributed by atoms with Crippen LogP contribution in [0.15, 0.2) is 30.6 Å². The minimum atomic E-state index is -0.585. The fraction of sp³-hybridized carbons (Fsp3) is 0.333. The molecule has 1 amide bonds. The molecule has 116 valence electrons. The largest absolute Gasteiger partial charge is 0.452 e. The zero-order valence-corrected chi connectivity index (χ0v) is 12.7. The highest BCUT2D eigenvalue weighted by Crippen LogP contribution is 2.13. The van der Waals surface area contributed by atoms with Crippen molar-refractivity contribution in [1.82, 2.24) is 20.1 Å². The number of hydrogen-bond acceptors (Lipinski definition) is 5. The average Bonchev–Trinajstić information content (AvgIpc) is 2.87. The van der Waals surface area contributed by atoms with Gasteiger partial charge in [0.15, 0.2) is 12.4 Å². The van der Waals surface area contributed by atoms with Crippen molar-refractivity contribution in [3.05, 3.63) is 41.9 Å². The zero-order chi connectivity index (χ0) is 16.1. The van der Waals surface area contributed by atoms with E-state index in [1.165, 1.54) is 6.20 Å². The van der Waals surface area contributed by atoms with Crippen molar-refractivity contribution in [3.63, 3.8) is 0 Å². The van der Waals surface area contributed by atoms with E-state index >= 15 is 0 Å². The number of esters is 1. The van der Waals surface area contributed by atoms with Crippen LogP contribution >= 0.6 is 0 Å². The molecule has 0 saturated carbocycles. The third-order valence-electron chi connectivity index (χ3n) is 2.88. The number of carbonyl (C=O) groups excluding carboxylic acids is 2. The van der Waals surface area contributed by atoms with E-state index in [4.69, 9.17) is 4.74 Å². The van der Waals surface area contributed by atoms with Crippen LogP contribution in [0.1, 0.15) is 29.9 Å². The second-order valence-corrected chi connectivity index (χ2v) is 5.04. The number of carbonyl (C=O) groups is 2. The Balaban J connectivity index is 2.06. The van der Waals surface area contributed by atoms with Gasteiger partial charge in [0.2, 0.25) is 0 Å². The van der Waals surface area contributed by atoms with Crippen LogP contribution in [0.2, 0.25) is 0 Å². The minimum Gasteiger partial charge on any atom is -0.452 e. The van der Waals surface area contributed by atoms with Gasteiger partial charge < -0.3 is 10.1 Å². The van der Waals surface area contributed by atoms with Crippen LogP contribution in [-0.2, 0) is 9.53 Å². The summed E-state index contributed by atoms with van der Waals surface area (Å²) < 4.78 is 6.54. The number of hydrogen-bond donors (Lipinski definition) is 1. The lowest BCUT2D eigenvalue weighted by Gasteiger charge is -2.08. The van der Waals surface area contributed by atoms with E-state index in [0.29, 0.717) is 17.1 Å². The van der Waals surface area contributed by atoms with Gasteiger partial charge in [-0.3, -0.25) is 4.79 Å². The van der Waals surface area contributed by atoms with Crippen LogP contribution in [0.4, 0.5) is 0 Å². The van der Waals surface area contributed by atoms with Gasteiger partial charge in [-0.05, 0) is 32.9 Å². The van der Waals surface area contributed by atoms with E-state index in [1.807, 2.05) is 19.9 Å². The van der Waals surface area contributed by atoms with Gasteiger partial charge in [-0.25, -0.2) is 14.5 Å².